The molecule has 1 aliphatic heterocycles. The number of hydrogen-bond donors (Lipinski definition) is 2. The minimum Gasteiger partial charge on any atom is -0.334 e. The smallest absolute Gasteiger partial charge is 0.263 e. The summed E-state index contributed by atoms with van der Waals surface area (Å²) in [7, 11) is 0. The molecular weight excluding hydrogens is 356 g/mol. The van der Waals surface area contributed by atoms with Crippen LogP contribution in [-0.2, 0) is 0 Å². The molecule has 2 N–H and O–H groups in total. The van der Waals surface area contributed by atoms with Crippen LogP contribution in [0.1, 0.15) is 74.0 Å². The lowest BCUT2D eigenvalue weighted by atomic mass is 9.89. The van der Waals surface area contributed by atoms with E-state index in [-0.39, 0.29) is 5.56 Å². The van der Waals surface area contributed by atoms with Crippen molar-refractivity contribution in [1.29, 1.82) is 0 Å². The van der Waals surface area contributed by atoms with E-state index in [1.54, 1.807) is 6.07 Å². The summed E-state index contributed by atoms with van der Waals surface area (Å²) >= 11 is 0. The van der Waals surface area contributed by atoms with Crippen LogP contribution in [-0.4, -0.2) is 37.8 Å². The molecule has 0 bridgehead atoms. The molecule has 2 fully saturated rings. The molecule has 0 unspecified atom stereocenters. The lowest BCUT2D eigenvalue weighted by Gasteiger charge is -2.23. The predicted octanol–water partition coefficient (Wildman–Crippen LogP) is 2.90. The standard InChI is InChI=1S/C20H26N6O2/c1-12-17(20-23-18(25-28-20)14-5-3-2-4-6-14)19-22-16(27)11-15(26(19)24-12)13-7-9-21-10-8-13/h11,13-14,21H,2-10H2,1H3,(H,22,27). The van der Waals surface area contributed by atoms with Crippen molar-refractivity contribution in [1.82, 2.24) is 30.1 Å². The lowest BCUT2D eigenvalue weighted by Crippen LogP contribution is -2.28. The summed E-state index contributed by atoms with van der Waals surface area (Å²) in [4.78, 5) is 20.1. The second-order valence-corrected chi connectivity index (χ2v) is 8.10. The van der Waals surface area contributed by atoms with Gasteiger partial charge in [0.2, 0.25) is 0 Å². The Hall–Kier alpha value is -2.48. The zero-order valence-corrected chi connectivity index (χ0v) is 16.2. The fourth-order valence-corrected chi connectivity index (χ4v) is 4.71. The van der Waals surface area contributed by atoms with E-state index >= 15 is 0 Å². The zero-order valence-electron chi connectivity index (χ0n) is 16.2. The predicted molar refractivity (Wildman–Crippen MR) is 105 cm³/mol. The highest BCUT2D eigenvalue weighted by Gasteiger charge is 2.26. The van der Waals surface area contributed by atoms with Crippen LogP contribution in [0.25, 0.3) is 17.1 Å². The molecule has 8 nitrogen and oxygen atoms in total. The molecule has 0 radical (unpaired) electrons. The van der Waals surface area contributed by atoms with Crippen molar-refractivity contribution < 1.29 is 4.52 Å². The van der Waals surface area contributed by atoms with Gasteiger partial charge in [0.1, 0.15) is 11.2 Å². The maximum atomic E-state index is 12.4. The highest BCUT2D eigenvalue weighted by Crippen LogP contribution is 2.34. The summed E-state index contributed by atoms with van der Waals surface area (Å²) in [6.07, 6.45) is 7.95. The number of nitrogens with zero attached hydrogens (tertiary/aromatic N) is 4. The van der Waals surface area contributed by atoms with Crippen LogP contribution in [0.3, 0.4) is 0 Å². The highest BCUT2D eigenvalue weighted by molar-refractivity contribution is 5.74. The molecule has 148 valence electrons. The number of aromatic amines is 1. The second kappa shape index (κ2) is 7.16. The molecule has 4 heterocycles. The van der Waals surface area contributed by atoms with Crippen molar-refractivity contribution in [2.75, 3.05) is 13.1 Å². The Morgan fingerprint density at radius 2 is 1.89 bits per heavy atom. The molecule has 3 aromatic heterocycles. The first-order valence-corrected chi connectivity index (χ1v) is 10.4. The Morgan fingerprint density at radius 3 is 2.68 bits per heavy atom. The van der Waals surface area contributed by atoms with Gasteiger partial charge in [0.15, 0.2) is 5.82 Å². The van der Waals surface area contributed by atoms with Crippen molar-refractivity contribution >= 4 is 5.65 Å². The van der Waals surface area contributed by atoms with Crippen LogP contribution in [0, 0.1) is 6.92 Å². The molecule has 5 rings (SSSR count). The van der Waals surface area contributed by atoms with Gasteiger partial charge in [0, 0.05) is 17.9 Å². The molecule has 2 aliphatic rings. The summed E-state index contributed by atoms with van der Waals surface area (Å²) in [5.41, 5.74) is 3.02. The van der Waals surface area contributed by atoms with Gasteiger partial charge in [-0.1, -0.05) is 24.4 Å². The Balaban J connectivity index is 1.58. The molecule has 8 heteroatoms. The average molecular weight is 382 g/mol. The molecule has 3 aromatic rings. The van der Waals surface area contributed by atoms with E-state index in [4.69, 9.17) is 14.6 Å². The maximum Gasteiger partial charge on any atom is 0.263 e. The Bertz CT molecular complexity index is 1040. The topological polar surface area (TPSA) is 101 Å². The molecule has 28 heavy (non-hydrogen) atoms. The quantitative estimate of drug-likeness (QED) is 0.722. The molecule has 0 aromatic carbocycles. The average Bonchev–Trinajstić information content (AvgIpc) is 3.32. The van der Waals surface area contributed by atoms with Crippen molar-refractivity contribution in [3.05, 3.63) is 33.6 Å². The van der Waals surface area contributed by atoms with E-state index in [1.807, 2.05) is 11.4 Å². The third kappa shape index (κ3) is 3.05. The van der Waals surface area contributed by atoms with Crippen LogP contribution in [0.4, 0.5) is 0 Å². The molecule has 0 spiro atoms. The molecule has 1 saturated carbocycles. The van der Waals surface area contributed by atoms with Crippen molar-refractivity contribution in [2.24, 2.45) is 0 Å². The zero-order chi connectivity index (χ0) is 19.1. The number of rotatable bonds is 3. The van der Waals surface area contributed by atoms with Gasteiger partial charge in [-0.2, -0.15) is 10.1 Å². The monoisotopic (exact) mass is 382 g/mol. The number of fused-ring (bicyclic) bond motifs is 1. The first-order valence-electron chi connectivity index (χ1n) is 10.4. The van der Waals surface area contributed by atoms with Crippen LogP contribution >= 0.6 is 0 Å². The number of aromatic nitrogens is 5. The number of piperidine rings is 1. The molecule has 1 saturated heterocycles. The van der Waals surface area contributed by atoms with Crippen LogP contribution in [0.15, 0.2) is 15.4 Å². The van der Waals surface area contributed by atoms with E-state index in [0.717, 1.165) is 61.5 Å². The van der Waals surface area contributed by atoms with Crippen molar-refractivity contribution in [3.8, 4) is 11.5 Å². The molecular formula is C20H26N6O2. The summed E-state index contributed by atoms with van der Waals surface area (Å²) < 4.78 is 7.50. The minimum absolute atomic E-state index is 0.116. The van der Waals surface area contributed by atoms with Gasteiger partial charge < -0.3 is 14.8 Å². The number of H-pyrrole nitrogens is 1. The van der Waals surface area contributed by atoms with Crippen molar-refractivity contribution in [2.45, 2.75) is 63.7 Å². The third-order valence-electron chi connectivity index (χ3n) is 6.21. The normalized spacial score (nSPS) is 19.5. The van der Waals surface area contributed by atoms with Crippen LogP contribution < -0.4 is 10.9 Å². The van der Waals surface area contributed by atoms with Crippen LogP contribution in [0.5, 0.6) is 0 Å². The number of aryl methyl sites for hydroxylation is 1. The highest BCUT2D eigenvalue weighted by atomic mass is 16.5. The van der Waals surface area contributed by atoms with Gasteiger partial charge in [0.25, 0.3) is 11.4 Å². The summed E-state index contributed by atoms with van der Waals surface area (Å²) in [5, 5.41) is 12.4. The number of hydrogen-bond acceptors (Lipinski definition) is 6. The SMILES string of the molecule is Cc1nn2c(C3CCNCC3)cc(=O)[nH]c2c1-c1nc(C2CCCCC2)no1. The van der Waals surface area contributed by atoms with Crippen molar-refractivity contribution in [3.63, 3.8) is 0 Å². The van der Waals surface area contributed by atoms with E-state index in [0.29, 0.717) is 23.4 Å². The Kier molecular flexibility index (Phi) is 4.50. The summed E-state index contributed by atoms with van der Waals surface area (Å²) in [5.74, 6) is 1.92. The Labute approximate surface area is 162 Å². The minimum atomic E-state index is -0.116. The molecule has 0 amide bonds. The first kappa shape index (κ1) is 17.6. The first-order chi connectivity index (χ1) is 13.7. The maximum absolute atomic E-state index is 12.4. The fourth-order valence-electron chi connectivity index (χ4n) is 4.71. The Morgan fingerprint density at radius 1 is 1.11 bits per heavy atom. The van der Waals surface area contributed by atoms with Gasteiger partial charge in [-0.15, -0.1) is 0 Å². The van der Waals surface area contributed by atoms with E-state index in [9.17, 15) is 4.79 Å². The summed E-state index contributed by atoms with van der Waals surface area (Å²) in [6, 6.07) is 1.68. The van der Waals surface area contributed by atoms with E-state index in [2.05, 4.69) is 15.5 Å². The number of nitrogens with one attached hydrogen (secondary N) is 2. The van der Waals surface area contributed by atoms with Crippen LogP contribution in [0.2, 0.25) is 0 Å². The fraction of sp³-hybridized carbons (Fsp3) is 0.600. The van der Waals surface area contributed by atoms with Gasteiger partial charge in [-0.25, -0.2) is 4.52 Å². The molecule has 0 atom stereocenters. The van der Waals surface area contributed by atoms with Gasteiger partial charge in [-0.3, -0.25) is 4.79 Å². The largest absolute Gasteiger partial charge is 0.334 e. The molecule has 1 aliphatic carbocycles. The van der Waals surface area contributed by atoms with Gasteiger partial charge in [0.05, 0.1) is 11.4 Å². The van der Waals surface area contributed by atoms with Gasteiger partial charge >= 0.3 is 0 Å². The second-order valence-electron chi connectivity index (χ2n) is 8.10. The third-order valence-corrected chi connectivity index (χ3v) is 6.21. The van der Waals surface area contributed by atoms with E-state index in [1.165, 1.54) is 19.3 Å². The van der Waals surface area contributed by atoms with Gasteiger partial charge in [-0.05, 0) is 45.7 Å². The van der Waals surface area contributed by atoms with E-state index < -0.39 is 0 Å². The lowest BCUT2D eigenvalue weighted by molar-refractivity contribution is 0.385. The summed E-state index contributed by atoms with van der Waals surface area (Å²) in [6.45, 7) is 3.85.